The number of piperazine rings is 1. The third kappa shape index (κ3) is 5.71. The smallest absolute Gasteiger partial charge is 0.339 e. The van der Waals surface area contributed by atoms with E-state index in [0.717, 1.165) is 43.9 Å². The highest BCUT2D eigenvalue weighted by Crippen LogP contribution is 2.29. The van der Waals surface area contributed by atoms with Gasteiger partial charge in [-0.2, -0.15) is 13.2 Å². The maximum atomic E-state index is 12.6. The summed E-state index contributed by atoms with van der Waals surface area (Å²) in [7, 11) is 0. The van der Waals surface area contributed by atoms with Gasteiger partial charge in [0.15, 0.2) is 0 Å². The fourth-order valence-electron chi connectivity index (χ4n) is 2.95. The minimum atomic E-state index is -4.30. The van der Waals surface area contributed by atoms with E-state index in [1.165, 1.54) is 12.1 Å². The van der Waals surface area contributed by atoms with Crippen LogP contribution in [0.3, 0.4) is 0 Å². The molecule has 0 bridgehead atoms. The summed E-state index contributed by atoms with van der Waals surface area (Å²) in [5.74, 6) is 0.151. The van der Waals surface area contributed by atoms with E-state index in [2.05, 4.69) is 9.80 Å². The van der Waals surface area contributed by atoms with Crippen LogP contribution >= 0.6 is 0 Å². The van der Waals surface area contributed by atoms with Gasteiger partial charge in [-0.3, -0.25) is 14.6 Å². The Labute approximate surface area is 147 Å². The lowest BCUT2D eigenvalue weighted by molar-refractivity contribution is -0.137. The molecular weight excluding hydrogens is 331 g/mol. The molecule has 0 saturated carbocycles. The van der Waals surface area contributed by atoms with E-state index < -0.39 is 11.7 Å². The van der Waals surface area contributed by atoms with Gasteiger partial charge < -0.3 is 4.90 Å². The van der Waals surface area contributed by atoms with Crippen LogP contribution in [0.15, 0.2) is 24.3 Å². The molecule has 4 nitrogen and oxygen atoms in total. The van der Waals surface area contributed by atoms with Crippen LogP contribution in [0.5, 0.6) is 0 Å². The molecule has 1 aromatic rings. The monoisotopic (exact) mass is 357 g/mol. The molecule has 0 spiro atoms. The zero-order valence-electron chi connectivity index (χ0n) is 14.9. The lowest BCUT2D eigenvalue weighted by atomic mass is 10.1. The first-order chi connectivity index (χ1) is 11.8. The molecule has 0 aromatic heterocycles. The zero-order chi connectivity index (χ0) is 18.4. The average molecular weight is 357 g/mol. The summed E-state index contributed by atoms with van der Waals surface area (Å²) >= 11 is 0. The highest BCUT2D eigenvalue weighted by molar-refractivity contribution is 5.78. The first kappa shape index (κ1) is 19.7. The van der Waals surface area contributed by atoms with Crippen LogP contribution in [0.1, 0.15) is 25.0 Å². The Hall–Kier alpha value is -1.60. The van der Waals surface area contributed by atoms with Crippen LogP contribution < -0.4 is 0 Å². The van der Waals surface area contributed by atoms with Crippen LogP contribution in [0.4, 0.5) is 13.2 Å². The van der Waals surface area contributed by atoms with Gasteiger partial charge in [0.1, 0.15) is 0 Å². The van der Waals surface area contributed by atoms with Crippen LogP contribution in [0.2, 0.25) is 0 Å². The molecule has 25 heavy (non-hydrogen) atoms. The molecule has 1 aromatic carbocycles. The first-order valence-corrected chi connectivity index (χ1v) is 8.72. The Balaban J connectivity index is 1.81. The molecule has 7 heteroatoms. The number of likely N-dealkylation sites (N-methyl/N-ethyl adjacent to an activating group) is 1. The van der Waals surface area contributed by atoms with Crippen molar-refractivity contribution in [3.8, 4) is 0 Å². The second kappa shape index (κ2) is 8.67. The first-order valence-electron chi connectivity index (χ1n) is 8.72. The number of amides is 1. The fourth-order valence-corrected chi connectivity index (χ4v) is 2.95. The Bertz CT molecular complexity index is 548. The van der Waals surface area contributed by atoms with Crippen molar-refractivity contribution in [1.29, 1.82) is 0 Å². The number of halogens is 3. The van der Waals surface area contributed by atoms with Gasteiger partial charge in [0, 0.05) is 32.7 Å². The second-order valence-electron chi connectivity index (χ2n) is 6.31. The number of carbonyl (C=O) groups excluding carboxylic acids is 1. The highest BCUT2D eigenvalue weighted by Gasteiger charge is 2.30. The number of alkyl halides is 3. The molecule has 1 amide bonds. The van der Waals surface area contributed by atoms with E-state index in [1.807, 2.05) is 18.7 Å². The molecule has 1 saturated heterocycles. The Morgan fingerprint density at radius 1 is 1.04 bits per heavy atom. The number of hydrogen-bond acceptors (Lipinski definition) is 3. The molecule has 0 atom stereocenters. The molecule has 2 rings (SSSR count). The van der Waals surface area contributed by atoms with E-state index in [0.29, 0.717) is 26.2 Å². The maximum absolute atomic E-state index is 12.6. The summed E-state index contributed by atoms with van der Waals surface area (Å²) in [6.45, 7) is 9.67. The summed E-state index contributed by atoms with van der Waals surface area (Å²) < 4.78 is 37.8. The van der Waals surface area contributed by atoms with Crippen molar-refractivity contribution in [2.75, 3.05) is 45.8 Å². The molecule has 0 N–H and O–H groups in total. The summed E-state index contributed by atoms with van der Waals surface area (Å²) in [6, 6.07) is 5.31. The summed E-state index contributed by atoms with van der Waals surface area (Å²) in [4.78, 5) is 18.4. The van der Waals surface area contributed by atoms with Crippen LogP contribution in [-0.4, -0.2) is 66.4 Å². The van der Waals surface area contributed by atoms with Crippen LogP contribution in [0.25, 0.3) is 0 Å². The Morgan fingerprint density at radius 3 is 2.08 bits per heavy atom. The van der Waals surface area contributed by atoms with E-state index >= 15 is 0 Å². The fraction of sp³-hybridized carbons (Fsp3) is 0.611. The zero-order valence-corrected chi connectivity index (χ0v) is 14.9. The van der Waals surface area contributed by atoms with Crippen molar-refractivity contribution >= 4 is 5.91 Å². The number of rotatable bonds is 6. The molecule has 140 valence electrons. The van der Waals surface area contributed by atoms with Gasteiger partial charge in [-0.15, -0.1) is 0 Å². The standard InChI is InChI=1S/C18H26F3N3O/c1-3-22(4-2)14-17(25)24-11-9-23(10-12-24)13-15-5-7-16(8-6-15)18(19,20)21/h5-8H,3-4,9-14H2,1-2H3. The lowest BCUT2D eigenvalue weighted by Gasteiger charge is -2.35. The largest absolute Gasteiger partial charge is 0.416 e. The van der Waals surface area contributed by atoms with Crippen molar-refractivity contribution in [2.45, 2.75) is 26.6 Å². The molecule has 0 radical (unpaired) electrons. The molecule has 1 heterocycles. The van der Waals surface area contributed by atoms with Crippen molar-refractivity contribution in [2.24, 2.45) is 0 Å². The third-order valence-electron chi connectivity index (χ3n) is 4.67. The quantitative estimate of drug-likeness (QED) is 0.783. The summed E-state index contributed by atoms with van der Waals surface area (Å²) in [6.07, 6.45) is -4.30. The van der Waals surface area contributed by atoms with E-state index in [9.17, 15) is 18.0 Å². The van der Waals surface area contributed by atoms with E-state index in [1.54, 1.807) is 0 Å². The van der Waals surface area contributed by atoms with Gasteiger partial charge in [0.25, 0.3) is 0 Å². The Morgan fingerprint density at radius 2 is 1.60 bits per heavy atom. The molecule has 0 aliphatic carbocycles. The minimum absolute atomic E-state index is 0.151. The van der Waals surface area contributed by atoms with Gasteiger partial charge in [0.2, 0.25) is 5.91 Å². The topological polar surface area (TPSA) is 26.8 Å². The Kier molecular flexibility index (Phi) is 6.84. The SMILES string of the molecule is CCN(CC)CC(=O)N1CCN(Cc2ccc(C(F)(F)F)cc2)CC1. The molecule has 1 fully saturated rings. The highest BCUT2D eigenvalue weighted by atomic mass is 19.4. The summed E-state index contributed by atoms with van der Waals surface area (Å²) in [5.41, 5.74) is 0.235. The van der Waals surface area contributed by atoms with Gasteiger partial charge in [0.05, 0.1) is 12.1 Å². The molecule has 0 unspecified atom stereocenters. The molecular formula is C18H26F3N3O. The lowest BCUT2D eigenvalue weighted by Crippen LogP contribution is -2.50. The van der Waals surface area contributed by atoms with Gasteiger partial charge in [-0.1, -0.05) is 26.0 Å². The average Bonchev–Trinajstić information content (AvgIpc) is 2.59. The second-order valence-corrected chi connectivity index (χ2v) is 6.31. The third-order valence-corrected chi connectivity index (χ3v) is 4.67. The molecule has 1 aliphatic heterocycles. The predicted molar refractivity (Wildman–Crippen MR) is 91.1 cm³/mol. The number of carbonyl (C=O) groups is 1. The van der Waals surface area contributed by atoms with Gasteiger partial charge in [-0.25, -0.2) is 0 Å². The van der Waals surface area contributed by atoms with Crippen molar-refractivity contribution < 1.29 is 18.0 Å². The van der Waals surface area contributed by atoms with Crippen molar-refractivity contribution in [3.63, 3.8) is 0 Å². The van der Waals surface area contributed by atoms with Crippen LogP contribution in [-0.2, 0) is 17.5 Å². The van der Waals surface area contributed by atoms with Crippen molar-refractivity contribution in [1.82, 2.24) is 14.7 Å². The molecule has 1 aliphatic rings. The van der Waals surface area contributed by atoms with E-state index in [-0.39, 0.29) is 5.91 Å². The van der Waals surface area contributed by atoms with Gasteiger partial charge >= 0.3 is 6.18 Å². The van der Waals surface area contributed by atoms with E-state index in [4.69, 9.17) is 0 Å². The van der Waals surface area contributed by atoms with Crippen LogP contribution in [0, 0.1) is 0 Å². The maximum Gasteiger partial charge on any atom is 0.416 e. The number of nitrogens with zero attached hydrogens (tertiary/aromatic N) is 3. The number of benzene rings is 1. The normalized spacial score (nSPS) is 16.5. The minimum Gasteiger partial charge on any atom is -0.339 e. The van der Waals surface area contributed by atoms with Crippen molar-refractivity contribution in [3.05, 3.63) is 35.4 Å². The van der Waals surface area contributed by atoms with Gasteiger partial charge in [-0.05, 0) is 30.8 Å². The number of hydrogen-bond donors (Lipinski definition) is 0. The summed E-state index contributed by atoms with van der Waals surface area (Å²) in [5, 5.41) is 0. The predicted octanol–water partition coefficient (Wildman–Crippen LogP) is 2.69.